The molecule has 1 aliphatic rings. The van der Waals surface area contributed by atoms with Crippen LogP contribution in [0, 0.1) is 0 Å². The number of amides is 1. The number of nitrogens with one attached hydrogen (secondary N) is 1. The summed E-state index contributed by atoms with van der Waals surface area (Å²) in [7, 11) is 0. The molecule has 1 saturated carbocycles. The summed E-state index contributed by atoms with van der Waals surface area (Å²) in [5.41, 5.74) is 1.70. The van der Waals surface area contributed by atoms with Gasteiger partial charge in [0.1, 0.15) is 5.76 Å². The van der Waals surface area contributed by atoms with E-state index in [4.69, 9.17) is 4.42 Å². The fraction of sp³-hybridized carbons (Fsp3) is 0.353. The Bertz CT molecular complexity index is 551. The van der Waals surface area contributed by atoms with Crippen LogP contribution in [0.5, 0.6) is 0 Å². The van der Waals surface area contributed by atoms with E-state index in [2.05, 4.69) is 5.32 Å². The molecule has 0 aliphatic heterocycles. The number of furan rings is 1. The van der Waals surface area contributed by atoms with Crippen LogP contribution in [0.25, 0.3) is 11.3 Å². The van der Waals surface area contributed by atoms with Gasteiger partial charge in [0, 0.05) is 17.2 Å². The molecule has 1 aromatic carbocycles. The van der Waals surface area contributed by atoms with Crippen molar-refractivity contribution in [1.82, 2.24) is 5.32 Å². The van der Waals surface area contributed by atoms with Crippen molar-refractivity contribution >= 4 is 5.91 Å². The highest BCUT2D eigenvalue weighted by Gasteiger charge is 2.16. The zero-order valence-corrected chi connectivity index (χ0v) is 11.5. The minimum absolute atomic E-state index is 0.0305. The molecule has 0 spiro atoms. The van der Waals surface area contributed by atoms with Crippen LogP contribution < -0.4 is 5.32 Å². The molecule has 1 fully saturated rings. The predicted octanol–water partition coefficient (Wildman–Crippen LogP) is 4.01. The van der Waals surface area contributed by atoms with E-state index in [9.17, 15) is 4.79 Å². The van der Waals surface area contributed by atoms with Gasteiger partial charge in [-0.1, -0.05) is 31.4 Å². The standard InChI is InChI=1S/C17H19NO2/c19-17(18-15-5-2-1-3-6-15)14-10-8-13(9-11-14)16-7-4-12-20-16/h4,7-12,15H,1-3,5-6H2,(H,18,19). The second-order valence-electron chi connectivity index (χ2n) is 5.36. The Hall–Kier alpha value is -2.03. The number of hydrogen-bond acceptors (Lipinski definition) is 2. The van der Waals surface area contributed by atoms with Crippen molar-refractivity contribution in [2.75, 3.05) is 0 Å². The van der Waals surface area contributed by atoms with Gasteiger partial charge >= 0.3 is 0 Å². The topological polar surface area (TPSA) is 42.2 Å². The molecule has 1 heterocycles. The summed E-state index contributed by atoms with van der Waals surface area (Å²) in [6.07, 6.45) is 7.61. The third-order valence-corrected chi connectivity index (χ3v) is 3.89. The third kappa shape index (κ3) is 2.93. The normalized spacial score (nSPS) is 16.0. The summed E-state index contributed by atoms with van der Waals surface area (Å²) in [5, 5.41) is 3.13. The van der Waals surface area contributed by atoms with E-state index in [1.807, 2.05) is 36.4 Å². The van der Waals surface area contributed by atoms with Crippen molar-refractivity contribution in [3.63, 3.8) is 0 Å². The second kappa shape index (κ2) is 5.95. The molecule has 3 nitrogen and oxygen atoms in total. The zero-order chi connectivity index (χ0) is 13.8. The number of rotatable bonds is 3. The van der Waals surface area contributed by atoms with Crippen LogP contribution in [0.3, 0.4) is 0 Å². The van der Waals surface area contributed by atoms with E-state index in [0.717, 1.165) is 24.2 Å². The average molecular weight is 269 g/mol. The van der Waals surface area contributed by atoms with E-state index in [1.54, 1.807) is 6.26 Å². The van der Waals surface area contributed by atoms with Gasteiger partial charge in [-0.25, -0.2) is 0 Å². The molecule has 1 amide bonds. The number of carbonyl (C=O) groups is 1. The quantitative estimate of drug-likeness (QED) is 0.914. The number of hydrogen-bond donors (Lipinski definition) is 1. The van der Waals surface area contributed by atoms with Crippen LogP contribution in [0.1, 0.15) is 42.5 Å². The molecule has 0 radical (unpaired) electrons. The van der Waals surface area contributed by atoms with E-state index < -0.39 is 0 Å². The van der Waals surface area contributed by atoms with Gasteiger partial charge < -0.3 is 9.73 Å². The first-order valence-corrected chi connectivity index (χ1v) is 7.28. The van der Waals surface area contributed by atoms with Crippen LogP contribution in [0.2, 0.25) is 0 Å². The molecule has 104 valence electrons. The molecule has 0 unspecified atom stereocenters. The van der Waals surface area contributed by atoms with E-state index in [0.29, 0.717) is 11.6 Å². The third-order valence-electron chi connectivity index (χ3n) is 3.89. The summed E-state index contributed by atoms with van der Waals surface area (Å²) in [6.45, 7) is 0. The first-order valence-electron chi connectivity index (χ1n) is 7.28. The number of carbonyl (C=O) groups excluding carboxylic acids is 1. The highest BCUT2D eigenvalue weighted by atomic mass is 16.3. The molecule has 0 bridgehead atoms. The van der Waals surface area contributed by atoms with Crippen molar-refractivity contribution in [1.29, 1.82) is 0 Å². The summed E-state index contributed by atoms with van der Waals surface area (Å²) >= 11 is 0. The predicted molar refractivity (Wildman–Crippen MR) is 78.5 cm³/mol. The Labute approximate surface area is 119 Å². The molecular weight excluding hydrogens is 250 g/mol. The van der Waals surface area contributed by atoms with Gasteiger partial charge in [0.2, 0.25) is 0 Å². The first kappa shape index (κ1) is 13.0. The summed E-state index contributed by atoms with van der Waals surface area (Å²) in [4.78, 5) is 12.2. The van der Waals surface area contributed by atoms with Crippen LogP contribution in [0.15, 0.2) is 47.1 Å². The lowest BCUT2D eigenvalue weighted by molar-refractivity contribution is 0.0927. The monoisotopic (exact) mass is 269 g/mol. The van der Waals surface area contributed by atoms with E-state index in [1.165, 1.54) is 19.3 Å². The van der Waals surface area contributed by atoms with Crippen molar-refractivity contribution in [2.24, 2.45) is 0 Å². The lowest BCUT2D eigenvalue weighted by atomic mass is 9.95. The Morgan fingerprint density at radius 1 is 1.05 bits per heavy atom. The van der Waals surface area contributed by atoms with Gasteiger partial charge in [0.05, 0.1) is 6.26 Å². The zero-order valence-electron chi connectivity index (χ0n) is 11.5. The fourth-order valence-electron chi connectivity index (χ4n) is 2.74. The Balaban J connectivity index is 1.66. The summed E-state index contributed by atoms with van der Waals surface area (Å²) in [5.74, 6) is 0.854. The first-order chi connectivity index (χ1) is 9.83. The highest BCUT2D eigenvalue weighted by molar-refractivity contribution is 5.94. The van der Waals surface area contributed by atoms with Gasteiger partial charge in [-0.05, 0) is 37.1 Å². The van der Waals surface area contributed by atoms with Crippen molar-refractivity contribution in [3.05, 3.63) is 48.2 Å². The maximum Gasteiger partial charge on any atom is 0.251 e. The molecule has 1 aromatic heterocycles. The molecule has 1 N–H and O–H groups in total. The lowest BCUT2D eigenvalue weighted by Gasteiger charge is -2.22. The lowest BCUT2D eigenvalue weighted by Crippen LogP contribution is -2.36. The summed E-state index contributed by atoms with van der Waals surface area (Å²) < 4.78 is 5.34. The van der Waals surface area contributed by atoms with Gasteiger partial charge in [-0.3, -0.25) is 4.79 Å². The van der Waals surface area contributed by atoms with Gasteiger partial charge in [-0.15, -0.1) is 0 Å². The van der Waals surface area contributed by atoms with Gasteiger partial charge in [-0.2, -0.15) is 0 Å². The SMILES string of the molecule is O=C(NC1CCCCC1)c1ccc(-c2ccco2)cc1. The average Bonchev–Trinajstić information content (AvgIpc) is 3.03. The maximum atomic E-state index is 12.2. The number of benzene rings is 1. The van der Waals surface area contributed by atoms with Crippen molar-refractivity contribution in [2.45, 2.75) is 38.1 Å². The Morgan fingerprint density at radius 3 is 2.45 bits per heavy atom. The molecule has 3 rings (SSSR count). The van der Waals surface area contributed by atoms with Crippen molar-refractivity contribution in [3.8, 4) is 11.3 Å². The Morgan fingerprint density at radius 2 is 1.80 bits per heavy atom. The van der Waals surface area contributed by atoms with E-state index in [-0.39, 0.29) is 5.91 Å². The minimum Gasteiger partial charge on any atom is -0.464 e. The van der Waals surface area contributed by atoms with Crippen molar-refractivity contribution < 1.29 is 9.21 Å². The van der Waals surface area contributed by atoms with Crippen LogP contribution in [0.4, 0.5) is 0 Å². The molecule has 0 saturated heterocycles. The molecule has 0 atom stereocenters. The van der Waals surface area contributed by atoms with E-state index >= 15 is 0 Å². The molecule has 20 heavy (non-hydrogen) atoms. The highest BCUT2D eigenvalue weighted by Crippen LogP contribution is 2.21. The molecule has 3 heteroatoms. The molecule has 1 aliphatic carbocycles. The fourth-order valence-corrected chi connectivity index (χ4v) is 2.74. The van der Waals surface area contributed by atoms with Crippen LogP contribution in [-0.4, -0.2) is 11.9 Å². The Kier molecular flexibility index (Phi) is 3.86. The van der Waals surface area contributed by atoms with Crippen LogP contribution >= 0.6 is 0 Å². The smallest absolute Gasteiger partial charge is 0.251 e. The van der Waals surface area contributed by atoms with Crippen LogP contribution in [-0.2, 0) is 0 Å². The van der Waals surface area contributed by atoms with Gasteiger partial charge in [0.25, 0.3) is 5.91 Å². The largest absolute Gasteiger partial charge is 0.464 e. The maximum absolute atomic E-state index is 12.2. The second-order valence-corrected chi connectivity index (χ2v) is 5.36. The molecule has 2 aromatic rings. The summed E-state index contributed by atoms with van der Waals surface area (Å²) in [6, 6.07) is 11.7. The molecular formula is C17H19NO2. The van der Waals surface area contributed by atoms with Gasteiger partial charge in [0.15, 0.2) is 0 Å². The minimum atomic E-state index is 0.0305.